The zero-order chi connectivity index (χ0) is 21.9. The lowest BCUT2D eigenvalue weighted by Crippen LogP contribution is -2.31. The standard InChI is InChI=1S/C18H21N3OS.C2HF3O2/c1-14-5-6-17(23-14)21-13-18(10-16(21)22)7-9-20(12-18)11-15-4-2-3-8-19-15;3-2(4,5)1(6)7/h2-6,8H,7,9-13H2,1H3;(H,6,7). The number of halogens is 3. The largest absolute Gasteiger partial charge is 0.490 e. The maximum atomic E-state index is 12.5. The highest BCUT2D eigenvalue weighted by Crippen LogP contribution is 2.43. The molecule has 10 heteroatoms. The van der Waals surface area contributed by atoms with Crippen molar-refractivity contribution in [3.8, 4) is 0 Å². The molecule has 1 atom stereocenters. The van der Waals surface area contributed by atoms with E-state index in [1.165, 1.54) is 4.88 Å². The van der Waals surface area contributed by atoms with Gasteiger partial charge in [0.15, 0.2) is 0 Å². The van der Waals surface area contributed by atoms with Crippen LogP contribution in [-0.2, 0) is 16.1 Å². The number of alkyl halides is 3. The fourth-order valence-corrected chi connectivity index (χ4v) is 4.70. The van der Waals surface area contributed by atoms with Crippen molar-refractivity contribution in [2.24, 2.45) is 5.41 Å². The van der Waals surface area contributed by atoms with Gasteiger partial charge in [-0.1, -0.05) is 6.07 Å². The van der Waals surface area contributed by atoms with Crippen molar-refractivity contribution in [3.05, 3.63) is 47.1 Å². The van der Waals surface area contributed by atoms with E-state index in [9.17, 15) is 18.0 Å². The molecule has 0 radical (unpaired) electrons. The first-order chi connectivity index (χ1) is 14.1. The molecule has 30 heavy (non-hydrogen) atoms. The Morgan fingerprint density at radius 1 is 1.27 bits per heavy atom. The summed E-state index contributed by atoms with van der Waals surface area (Å²) in [5, 5.41) is 8.23. The van der Waals surface area contributed by atoms with Crippen molar-refractivity contribution >= 4 is 28.2 Å². The molecule has 2 aliphatic rings. The number of thiophene rings is 1. The van der Waals surface area contributed by atoms with E-state index in [1.807, 2.05) is 23.2 Å². The van der Waals surface area contributed by atoms with Crippen LogP contribution < -0.4 is 4.90 Å². The maximum Gasteiger partial charge on any atom is 0.490 e. The van der Waals surface area contributed by atoms with Gasteiger partial charge in [0.25, 0.3) is 0 Å². The van der Waals surface area contributed by atoms with Crippen LogP contribution in [0.4, 0.5) is 18.2 Å². The highest BCUT2D eigenvalue weighted by Gasteiger charge is 2.48. The average molecular weight is 441 g/mol. The third-order valence-corrected chi connectivity index (χ3v) is 6.21. The number of aliphatic carboxylic acids is 1. The molecule has 0 bridgehead atoms. The molecule has 6 nitrogen and oxygen atoms in total. The lowest BCUT2D eigenvalue weighted by Gasteiger charge is -2.23. The number of carboxylic acids is 1. The Bertz CT molecular complexity index is 903. The van der Waals surface area contributed by atoms with Gasteiger partial charge in [-0.15, -0.1) is 11.3 Å². The number of carbonyl (C=O) groups excluding carboxylic acids is 1. The Labute approximate surface area is 175 Å². The van der Waals surface area contributed by atoms with E-state index in [0.717, 1.165) is 43.3 Å². The van der Waals surface area contributed by atoms with E-state index >= 15 is 0 Å². The second-order valence-electron chi connectivity index (χ2n) is 7.63. The molecule has 1 unspecified atom stereocenters. The van der Waals surface area contributed by atoms with Crippen molar-refractivity contribution in [1.29, 1.82) is 0 Å². The summed E-state index contributed by atoms with van der Waals surface area (Å²) in [5.74, 6) is -2.47. The van der Waals surface area contributed by atoms with Crippen LogP contribution in [0.3, 0.4) is 0 Å². The number of rotatable bonds is 3. The highest BCUT2D eigenvalue weighted by atomic mass is 32.1. The molecule has 0 aliphatic carbocycles. The Kier molecular flexibility index (Phi) is 6.47. The molecule has 162 valence electrons. The van der Waals surface area contributed by atoms with Crippen LogP contribution >= 0.6 is 11.3 Å². The summed E-state index contributed by atoms with van der Waals surface area (Å²) in [6.45, 7) is 5.89. The highest BCUT2D eigenvalue weighted by molar-refractivity contribution is 7.16. The number of hydrogen-bond donors (Lipinski definition) is 1. The minimum absolute atomic E-state index is 0.129. The van der Waals surface area contributed by atoms with E-state index < -0.39 is 12.1 Å². The molecule has 1 spiro atoms. The fourth-order valence-electron chi connectivity index (χ4n) is 3.82. The zero-order valence-corrected chi connectivity index (χ0v) is 17.2. The molecule has 4 rings (SSSR count). The Morgan fingerprint density at radius 3 is 2.57 bits per heavy atom. The van der Waals surface area contributed by atoms with Crippen LogP contribution in [-0.4, -0.2) is 52.7 Å². The molecule has 2 aliphatic heterocycles. The number of pyridine rings is 1. The van der Waals surface area contributed by atoms with E-state index in [0.29, 0.717) is 6.42 Å². The Hall–Kier alpha value is -2.46. The molecule has 2 aromatic rings. The van der Waals surface area contributed by atoms with Crippen molar-refractivity contribution in [1.82, 2.24) is 9.88 Å². The summed E-state index contributed by atoms with van der Waals surface area (Å²) in [4.78, 5) is 31.5. The van der Waals surface area contributed by atoms with E-state index in [4.69, 9.17) is 9.90 Å². The summed E-state index contributed by atoms with van der Waals surface area (Å²) in [7, 11) is 0. The van der Waals surface area contributed by atoms with Gasteiger partial charge in [0.2, 0.25) is 5.91 Å². The third-order valence-electron chi connectivity index (χ3n) is 5.18. The first-order valence-corrected chi connectivity index (χ1v) is 10.2. The molecule has 1 amide bonds. The number of hydrogen-bond acceptors (Lipinski definition) is 5. The SMILES string of the molecule is Cc1ccc(N2CC3(CCN(Cc4ccccn4)C3)CC2=O)s1.O=C(O)C(F)(F)F. The van der Waals surface area contributed by atoms with Crippen LogP contribution in [0.15, 0.2) is 36.5 Å². The predicted octanol–water partition coefficient (Wildman–Crippen LogP) is 3.71. The molecule has 4 heterocycles. The molecule has 0 saturated carbocycles. The second-order valence-corrected chi connectivity index (χ2v) is 8.89. The maximum absolute atomic E-state index is 12.5. The number of anilines is 1. The van der Waals surface area contributed by atoms with Crippen LogP contribution in [0.25, 0.3) is 0 Å². The fraction of sp³-hybridized carbons (Fsp3) is 0.450. The molecule has 2 saturated heterocycles. The van der Waals surface area contributed by atoms with Crippen LogP contribution in [0.2, 0.25) is 0 Å². The Balaban J connectivity index is 0.000000318. The summed E-state index contributed by atoms with van der Waals surface area (Å²) in [6.07, 6.45) is -1.45. The summed E-state index contributed by atoms with van der Waals surface area (Å²) in [5.41, 5.74) is 1.24. The number of nitrogens with zero attached hydrogens (tertiary/aromatic N) is 3. The van der Waals surface area contributed by atoms with E-state index in [-0.39, 0.29) is 11.3 Å². The van der Waals surface area contributed by atoms with Gasteiger partial charge in [0, 0.05) is 42.5 Å². The normalized spacial score (nSPS) is 21.7. The number of aryl methyl sites for hydroxylation is 1. The van der Waals surface area contributed by atoms with Gasteiger partial charge in [-0.25, -0.2) is 4.79 Å². The third kappa shape index (κ3) is 5.37. The summed E-state index contributed by atoms with van der Waals surface area (Å²) < 4.78 is 31.7. The lowest BCUT2D eigenvalue weighted by atomic mass is 9.86. The monoisotopic (exact) mass is 441 g/mol. The van der Waals surface area contributed by atoms with Gasteiger partial charge in [-0.2, -0.15) is 13.2 Å². The quantitative estimate of drug-likeness (QED) is 0.786. The molecule has 2 fully saturated rings. The molecular formula is C20H22F3N3O3S. The van der Waals surface area contributed by atoms with E-state index in [1.54, 1.807) is 11.3 Å². The van der Waals surface area contributed by atoms with Gasteiger partial charge in [-0.05, 0) is 44.2 Å². The molecule has 2 aromatic heterocycles. The summed E-state index contributed by atoms with van der Waals surface area (Å²) >= 11 is 1.72. The van der Waals surface area contributed by atoms with Crippen LogP contribution in [0, 0.1) is 12.3 Å². The Morgan fingerprint density at radius 2 is 2.00 bits per heavy atom. The zero-order valence-electron chi connectivity index (χ0n) is 16.4. The second kappa shape index (κ2) is 8.73. The lowest BCUT2D eigenvalue weighted by molar-refractivity contribution is -0.192. The van der Waals surface area contributed by atoms with Crippen molar-refractivity contribution in [2.45, 2.75) is 32.5 Å². The topological polar surface area (TPSA) is 73.7 Å². The van der Waals surface area contributed by atoms with E-state index in [2.05, 4.69) is 35.0 Å². The first-order valence-electron chi connectivity index (χ1n) is 9.37. The van der Waals surface area contributed by atoms with Crippen molar-refractivity contribution in [3.63, 3.8) is 0 Å². The van der Waals surface area contributed by atoms with Crippen LogP contribution in [0.1, 0.15) is 23.4 Å². The van der Waals surface area contributed by atoms with Crippen LogP contribution in [0.5, 0.6) is 0 Å². The van der Waals surface area contributed by atoms with Gasteiger partial charge in [0.1, 0.15) is 0 Å². The minimum atomic E-state index is -5.08. The minimum Gasteiger partial charge on any atom is -0.475 e. The van der Waals surface area contributed by atoms with Gasteiger partial charge >= 0.3 is 12.1 Å². The van der Waals surface area contributed by atoms with Gasteiger partial charge in [0.05, 0.1) is 10.7 Å². The molecular weight excluding hydrogens is 419 g/mol. The van der Waals surface area contributed by atoms with Crippen molar-refractivity contribution in [2.75, 3.05) is 24.5 Å². The molecule has 1 N–H and O–H groups in total. The number of amides is 1. The number of aromatic nitrogens is 1. The van der Waals surface area contributed by atoms with Gasteiger partial charge in [-0.3, -0.25) is 14.7 Å². The van der Waals surface area contributed by atoms with Crippen molar-refractivity contribution < 1.29 is 27.9 Å². The summed E-state index contributed by atoms with van der Waals surface area (Å²) in [6, 6.07) is 10.2. The average Bonchev–Trinajstić information content (AvgIpc) is 3.35. The number of carbonyl (C=O) groups is 2. The molecule has 0 aromatic carbocycles. The first kappa shape index (κ1) is 22.2. The predicted molar refractivity (Wildman–Crippen MR) is 106 cm³/mol. The smallest absolute Gasteiger partial charge is 0.475 e. The number of likely N-dealkylation sites (tertiary alicyclic amines) is 1. The van der Waals surface area contributed by atoms with Gasteiger partial charge < -0.3 is 10.0 Å². The number of carboxylic acid groups (broad SMARTS) is 1.